The Morgan fingerprint density at radius 3 is 2.64 bits per heavy atom. The molecule has 0 amide bonds. The van der Waals surface area contributed by atoms with Gasteiger partial charge in [0.05, 0.1) is 17.4 Å². The van der Waals surface area contributed by atoms with Gasteiger partial charge in [-0.2, -0.15) is 23.3 Å². The molecule has 1 aliphatic rings. The van der Waals surface area contributed by atoms with Gasteiger partial charge in [0.25, 0.3) is 0 Å². The molecule has 2 N–H and O–H groups in total. The van der Waals surface area contributed by atoms with Crippen LogP contribution in [0.25, 0.3) is 0 Å². The summed E-state index contributed by atoms with van der Waals surface area (Å²) in [7, 11) is 3.03. The molecular formula is C14H15ClF3N7. The largest absolute Gasteiger partial charge is 0.421 e. The van der Waals surface area contributed by atoms with E-state index in [-0.39, 0.29) is 17.3 Å². The molecule has 0 bridgehead atoms. The van der Waals surface area contributed by atoms with E-state index >= 15 is 0 Å². The van der Waals surface area contributed by atoms with E-state index in [1.165, 1.54) is 13.2 Å². The van der Waals surface area contributed by atoms with E-state index in [2.05, 4.69) is 30.7 Å². The van der Waals surface area contributed by atoms with Crippen LogP contribution in [0, 0.1) is 0 Å². The van der Waals surface area contributed by atoms with Gasteiger partial charge >= 0.3 is 6.18 Å². The zero-order chi connectivity index (χ0) is 18.2. The Morgan fingerprint density at radius 2 is 2.08 bits per heavy atom. The summed E-state index contributed by atoms with van der Waals surface area (Å²) >= 11 is 6.34. The Hall–Kier alpha value is -2.36. The first kappa shape index (κ1) is 17.5. The molecule has 0 saturated heterocycles. The third kappa shape index (κ3) is 3.26. The molecule has 1 aliphatic carbocycles. The van der Waals surface area contributed by atoms with Crippen LogP contribution in [0.1, 0.15) is 18.4 Å². The number of hydrogen-bond acceptors (Lipinski definition) is 6. The van der Waals surface area contributed by atoms with Crippen molar-refractivity contribution in [2.24, 2.45) is 4.99 Å². The fraction of sp³-hybridized carbons (Fsp3) is 0.429. The number of aliphatic imine (C=N–C) groups is 1. The van der Waals surface area contributed by atoms with Crippen LogP contribution < -0.4 is 10.6 Å². The summed E-state index contributed by atoms with van der Waals surface area (Å²) in [5, 5.41) is 9.77. The third-order valence-corrected chi connectivity index (χ3v) is 4.21. The number of alkyl halides is 3. The lowest BCUT2D eigenvalue weighted by molar-refractivity contribution is -0.137. The van der Waals surface area contributed by atoms with Gasteiger partial charge in [0.15, 0.2) is 5.15 Å². The smallest absolute Gasteiger partial charge is 0.372 e. The minimum atomic E-state index is -4.54. The number of hydrogen-bond donors (Lipinski definition) is 2. The molecule has 25 heavy (non-hydrogen) atoms. The highest BCUT2D eigenvalue weighted by atomic mass is 35.5. The van der Waals surface area contributed by atoms with Gasteiger partial charge in [-0.15, -0.1) is 0 Å². The molecule has 7 nitrogen and oxygen atoms in total. The SMILES string of the molecule is CN=CC1(n2ncc(Nc3ncc(C(F)(F)F)c(NC)n3)c2Cl)CC1. The second kappa shape index (κ2) is 6.17. The maximum atomic E-state index is 12.9. The maximum absolute atomic E-state index is 12.9. The highest BCUT2D eigenvalue weighted by Crippen LogP contribution is 2.44. The molecule has 1 saturated carbocycles. The van der Waals surface area contributed by atoms with Crippen molar-refractivity contribution >= 4 is 35.3 Å². The minimum Gasteiger partial charge on any atom is -0.372 e. The van der Waals surface area contributed by atoms with Crippen molar-refractivity contribution in [3.8, 4) is 0 Å². The van der Waals surface area contributed by atoms with Crippen LogP contribution >= 0.6 is 11.6 Å². The van der Waals surface area contributed by atoms with Crippen molar-refractivity contribution in [3.63, 3.8) is 0 Å². The van der Waals surface area contributed by atoms with Gasteiger partial charge in [0.2, 0.25) is 5.95 Å². The van der Waals surface area contributed by atoms with Crippen LogP contribution in [0.4, 0.5) is 30.6 Å². The first-order valence-electron chi connectivity index (χ1n) is 7.37. The lowest BCUT2D eigenvalue weighted by Gasteiger charge is -2.13. The molecule has 0 radical (unpaired) electrons. The van der Waals surface area contributed by atoms with Gasteiger partial charge in [-0.1, -0.05) is 11.6 Å². The van der Waals surface area contributed by atoms with Crippen molar-refractivity contribution in [2.75, 3.05) is 24.7 Å². The normalized spacial score (nSPS) is 16.2. The zero-order valence-corrected chi connectivity index (χ0v) is 14.2. The first-order valence-corrected chi connectivity index (χ1v) is 7.75. The number of anilines is 3. The van der Waals surface area contributed by atoms with Crippen LogP contribution in [0.15, 0.2) is 17.4 Å². The van der Waals surface area contributed by atoms with Crippen molar-refractivity contribution < 1.29 is 13.2 Å². The molecule has 2 heterocycles. The molecule has 2 aromatic rings. The number of nitrogens with zero attached hydrogens (tertiary/aromatic N) is 5. The highest BCUT2D eigenvalue weighted by molar-refractivity contribution is 6.32. The van der Waals surface area contributed by atoms with Gasteiger partial charge < -0.3 is 10.6 Å². The van der Waals surface area contributed by atoms with Gasteiger partial charge in [-0.25, -0.2) is 9.67 Å². The molecule has 0 atom stereocenters. The van der Waals surface area contributed by atoms with Gasteiger partial charge in [-0.05, 0) is 12.8 Å². The van der Waals surface area contributed by atoms with Gasteiger partial charge in [0.1, 0.15) is 11.4 Å². The molecular weight excluding hydrogens is 359 g/mol. The Kier molecular flexibility index (Phi) is 4.31. The second-order valence-electron chi connectivity index (χ2n) is 5.58. The van der Waals surface area contributed by atoms with Crippen LogP contribution in [0.2, 0.25) is 5.15 Å². The van der Waals surface area contributed by atoms with E-state index in [9.17, 15) is 13.2 Å². The Balaban J connectivity index is 1.88. The van der Waals surface area contributed by atoms with Crippen LogP contribution in [0.3, 0.4) is 0 Å². The van der Waals surface area contributed by atoms with E-state index in [0.29, 0.717) is 17.0 Å². The summed E-state index contributed by atoms with van der Waals surface area (Å²) in [6.45, 7) is 0. The monoisotopic (exact) mass is 373 g/mol. The highest BCUT2D eigenvalue weighted by Gasteiger charge is 2.45. The average molecular weight is 374 g/mol. The Morgan fingerprint density at radius 1 is 1.36 bits per heavy atom. The van der Waals surface area contributed by atoms with Crippen LogP contribution in [-0.2, 0) is 11.7 Å². The Bertz CT molecular complexity index is 811. The van der Waals surface area contributed by atoms with Crippen LogP contribution in [0.5, 0.6) is 0 Å². The predicted molar refractivity (Wildman–Crippen MR) is 88.7 cm³/mol. The topological polar surface area (TPSA) is 80.0 Å². The second-order valence-corrected chi connectivity index (χ2v) is 5.94. The molecule has 1 fully saturated rings. The quantitative estimate of drug-likeness (QED) is 0.786. The standard InChI is InChI=1S/C14H15ClF3N7/c1-19-7-13(3-4-13)25-10(15)9(6-22-25)23-12-21-5-8(14(16,17)18)11(20-2)24-12/h5-7H,3-4H2,1-2H3,(H2,20,21,23,24). The van der Waals surface area contributed by atoms with E-state index < -0.39 is 11.7 Å². The Labute approximate surface area is 146 Å². The summed E-state index contributed by atoms with van der Waals surface area (Å²) in [6, 6.07) is 0. The lowest BCUT2D eigenvalue weighted by atomic mass is 10.3. The number of aromatic nitrogens is 4. The number of halogens is 4. The lowest BCUT2D eigenvalue weighted by Crippen LogP contribution is -2.20. The molecule has 134 valence electrons. The summed E-state index contributed by atoms with van der Waals surface area (Å²) in [5.74, 6) is -0.349. The molecule has 0 aromatic carbocycles. The predicted octanol–water partition coefficient (Wildman–Crippen LogP) is 3.32. The summed E-state index contributed by atoms with van der Waals surface area (Å²) < 4.78 is 40.3. The fourth-order valence-electron chi connectivity index (χ4n) is 2.45. The van der Waals surface area contributed by atoms with Crippen molar-refractivity contribution in [1.82, 2.24) is 19.7 Å². The summed E-state index contributed by atoms with van der Waals surface area (Å²) in [5.41, 5.74) is -0.874. The maximum Gasteiger partial charge on any atom is 0.421 e. The average Bonchev–Trinajstić information content (AvgIpc) is 3.24. The summed E-state index contributed by atoms with van der Waals surface area (Å²) in [4.78, 5) is 11.6. The summed E-state index contributed by atoms with van der Waals surface area (Å²) in [6.07, 6.45) is 1.16. The van der Waals surface area contributed by atoms with Gasteiger partial charge in [-0.3, -0.25) is 4.99 Å². The van der Waals surface area contributed by atoms with Crippen molar-refractivity contribution in [1.29, 1.82) is 0 Å². The molecule has 0 unspecified atom stereocenters. The minimum absolute atomic E-state index is 0.0206. The van der Waals surface area contributed by atoms with E-state index in [4.69, 9.17) is 11.6 Å². The fourth-order valence-corrected chi connectivity index (χ4v) is 2.76. The number of rotatable bonds is 5. The molecule has 11 heteroatoms. The number of nitrogens with one attached hydrogen (secondary N) is 2. The molecule has 0 aliphatic heterocycles. The molecule has 3 rings (SSSR count). The molecule has 0 spiro atoms. The molecule has 2 aromatic heterocycles. The third-order valence-electron chi connectivity index (χ3n) is 3.84. The van der Waals surface area contributed by atoms with Crippen molar-refractivity contribution in [3.05, 3.63) is 23.1 Å². The van der Waals surface area contributed by atoms with Crippen LogP contribution in [-0.4, -0.2) is 40.1 Å². The van der Waals surface area contributed by atoms with E-state index in [1.54, 1.807) is 17.9 Å². The van der Waals surface area contributed by atoms with Gasteiger partial charge in [0, 0.05) is 26.5 Å². The zero-order valence-electron chi connectivity index (χ0n) is 13.4. The van der Waals surface area contributed by atoms with E-state index in [1.807, 2.05) is 0 Å². The van der Waals surface area contributed by atoms with Crippen molar-refractivity contribution in [2.45, 2.75) is 24.6 Å². The first-order chi connectivity index (χ1) is 11.8. The van der Waals surface area contributed by atoms with E-state index in [0.717, 1.165) is 12.8 Å².